The number of hydrogen-bond acceptors (Lipinski definition) is 2. The molecule has 2 aromatic carbocycles. The van der Waals surface area contributed by atoms with Gasteiger partial charge in [-0.2, -0.15) is 0 Å². The molecule has 2 aromatic rings. The van der Waals surface area contributed by atoms with E-state index in [-0.39, 0.29) is 29.9 Å². The van der Waals surface area contributed by atoms with Crippen LogP contribution >= 0.6 is 0 Å². The summed E-state index contributed by atoms with van der Waals surface area (Å²) in [5, 5.41) is 12.2. The summed E-state index contributed by atoms with van der Waals surface area (Å²) in [5.41, 5.74) is 2.04. The molecular formula is C17H18FNO2. The van der Waals surface area contributed by atoms with Gasteiger partial charge in [0.15, 0.2) is 0 Å². The van der Waals surface area contributed by atoms with Crippen LogP contribution in [0.3, 0.4) is 0 Å². The summed E-state index contributed by atoms with van der Waals surface area (Å²) in [6.07, 6.45) is 0.174. The highest BCUT2D eigenvalue weighted by Crippen LogP contribution is 2.17. The molecule has 1 unspecified atom stereocenters. The molecular weight excluding hydrogens is 269 g/mol. The molecule has 0 aliphatic heterocycles. The lowest BCUT2D eigenvalue weighted by molar-refractivity contribution is -0.121. The van der Waals surface area contributed by atoms with Crippen molar-refractivity contribution in [1.82, 2.24) is 5.32 Å². The number of hydrogen-bond donors (Lipinski definition) is 2. The highest BCUT2D eigenvalue weighted by molar-refractivity contribution is 5.79. The van der Waals surface area contributed by atoms with Crippen LogP contribution < -0.4 is 5.32 Å². The maximum absolute atomic E-state index is 13.5. The second-order valence-electron chi connectivity index (χ2n) is 5.14. The molecule has 2 N–H and O–H groups in total. The Morgan fingerprint density at radius 2 is 2.05 bits per heavy atom. The second-order valence-corrected chi connectivity index (χ2v) is 5.14. The SMILES string of the molecule is Cc1ccc(C(C)NC(=O)Cc2cccc(O)c2)cc1F. The van der Waals surface area contributed by atoms with Crippen molar-refractivity contribution in [2.24, 2.45) is 0 Å². The van der Waals surface area contributed by atoms with Crippen LogP contribution in [0.25, 0.3) is 0 Å². The summed E-state index contributed by atoms with van der Waals surface area (Å²) in [5.74, 6) is -0.315. The van der Waals surface area contributed by atoms with E-state index in [1.807, 2.05) is 6.92 Å². The number of aryl methyl sites for hydroxylation is 1. The predicted octanol–water partition coefficient (Wildman–Crippen LogP) is 3.26. The van der Waals surface area contributed by atoms with Crippen LogP contribution in [-0.2, 0) is 11.2 Å². The zero-order valence-electron chi connectivity index (χ0n) is 12.1. The molecule has 0 heterocycles. The summed E-state index contributed by atoms with van der Waals surface area (Å²) in [6, 6.07) is 11.2. The van der Waals surface area contributed by atoms with E-state index in [1.54, 1.807) is 43.3 Å². The fourth-order valence-electron chi connectivity index (χ4n) is 2.11. The Balaban J connectivity index is 2.00. The van der Waals surface area contributed by atoms with E-state index in [0.717, 1.165) is 11.1 Å². The minimum Gasteiger partial charge on any atom is -0.508 e. The van der Waals surface area contributed by atoms with Gasteiger partial charge in [0.05, 0.1) is 12.5 Å². The van der Waals surface area contributed by atoms with Crippen molar-refractivity contribution in [2.45, 2.75) is 26.3 Å². The molecule has 21 heavy (non-hydrogen) atoms. The first kappa shape index (κ1) is 15.0. The smallest absolute Gasteiger partial charge is 0.224 e. The molecule has 1 atom stereocenters. The first-order valence-corrected chi connectivity index (χ1v) is 6.79. The van der Waals surface area contributed by atoms with E-state index in [4.69, 9.17) is 0 Å². The lowest BCUT2D eigenvalue weighted by atomic mass is 10.1. The Morgan fingerprint density at radius 1 is 1.29 bits per heavy atom. The van der Waals surface area contributed by atoms with E-state index in [2.05, 4.69) is 5.32 Å². The molecule has 0 radical (unpaired) electrons. The van der Waals surface area contributed by atoms with Gasteiger partial charge in [0.25, 0.3) is 0 Å². The van der Waals surface area contributed by atoms with Crippen molar-refractivity contribution >= 4 is 5.91 Å². The zero-order valence-corrected chi connectivity index (χ0v) is 12.1. The average molecular weight is 287 g/mol. The van der Waals surface area contributed by atoms with Gasteiger partial charge in [-0.15, -0.1) is 0 Å². The number of halogens is 1. The first-order valence-electron chi connectivity index (χ1n) is 6.79. The largest absolute Gasteiger partial charge is 0.508 e. The Morgan fingerprint density at radius 3 is 2.71 bits per heavy atom. The Hall–Kier alpha value is -2.36. The highest BCUT2D eigenvalue weighted by atomic mass is 19.1. The van der Waals surface area contributed by atoms with E-state index in [0.29, 0.717) is 5.56 Å². The number of aromatic hydroxyl groups is 1. The molecule has 1 amide bonds. The third-order valence-corrected chi connectivity index (χ3v) is 3.35. The third-order valence-electron chi connectivity index (χ3n) is 3.35. The molecule has 0 aromatic heterocycles. The number of nitrogens with one attached hydrogen (secondary N) is 1. The van der Waals surface area contributed by atoms with Gasteiger partial charge in [0.2, 0.25) is 5.91 Å². The van der Waals surface area contributed by atoms with Crippen LogP contribution in [0.1, 0.15) is 29.7 Å². The maximum Gasteiger partial charge on any atom is 0.224 e. The van der Waals surface area contributed by atoms with Crippen molar-refractivity contribution < 1.29 is 14.3 Å². The summed E-state index contributed by atoms with van der Waals surface area (Å²) in [6.45, 7) is 3.51. The third kappa shape index (κ3) is 4.05. The molecule has 110 valence electrons. The lowest BCUT2D eigenvalue weighted by Crippen LogP contribution is -2.28. The van der Waals surface area contributed by atoms with Crippen LogP contribution in [0.15, 0.2) is 42.5 Å². The number of carbonyl (C=O) groups is 1. The highest BCUT2D eigenvalue weighted by Gasteiger charge is 2.11. The van der Waals surface area contributed by atoms with Gasteiger partial charge in [-0.25, -0.2) is 4.39 Å². The standard InChI is InChI=1S/C17H18FNO2/c1-11-6-7-14(10-16(11)18)12(2)19-17(21)9-13-4-3-5-15(20)8-13/h3-8,10,12,20H,9H2,1-2H3,(H,19,21). The van der Waals surface area contributed by atoms with Crippen molar-refractivity contribution in [3.8, 4) is 5.75 Å². The van der Waals surface area contributed by atoms with E-state index in [9.17, 15) is 14.3 Å². The summed E-state index contributed by atoms with van der Waals surface area (Å²) >= 11 is 0. The molecule has 0 saturated heterocycles. The van der Waals surface area contributed by atoms with Crippen LogP contribution in [0, 0.1) is 12.7 Å². The second kappa shape index (κ2) is 6.39. The molecule has 0 spiro atoms. The molecule has 0 bridgehead atoms. The van der Waals surface area contributed by atoms with Crippen molar-refractivity contribution in [3.05, 3.63) is 65.0 Å². The van der Waals surface area contributed by atoms with Crippen LogP contribution in [0.2, 0.25) is 0 Å². The zero-order chi connectivity index (χ0) is 15.4. The van der Waals surface area contributed by atoms with Crippen LogP contribution in [-0.4, -0.2) is 11.0 Å². The Bertz CT molecular complexity index is 655. The number of amides is 1. The van der Waals surface area contributed by atoms with E-state index >= 15 is 0 Å². The Labute approximate surface area is 123 Å². The number of benzene rings is 2. The van der Waals surface area contributed by atoms with Gasteiger partial charge in [-0.3, -0.25) is 4.79 Å². The number of phenolic OH excluding ortho intramolecular Hbond substituents is 1. The Kier molecular flexibility index (Phi) is 4.58. The molecule has 3 nitrogen and oxygen atoms in total. The monoisotopic (exact) mass is 287 g/mol. The fourth-order valence-corrected chi connectivity index (χ4v) is 2.11. The molecule has 0 saturated carbocycles. The van der Waals surface area contributed by atoms with Gasteiger partial charge < -0.3 is 10.4 Å². The van der Waals surface area contributed by atoms with Gasteiger partial charge in [0.1, 0.15) is 11.6 Å². The molecule has 0 aliphatic rings. The fraction of sp³-hybridized carbons (Fsp3) is 0.235. The van der Waals surface area contributed by atoms with Gasteiger partial charge in [0, 0.05) is 0 Å². The predicted molar refractivity (Wildman–Crippen MR) is 79.5 cm³/mol. The molecule has 2 rings (SSSR count). The van der Waals surface area contributed by atoms with Crippen molar-refractivity contribution in [1.29, 1.82) is 0 Å². The van der Waals surface area contributed by atoms with Gasteiger partial charge in [-0.05, 0) is 48.7 Å². The lowest BCUT2D eigenvalue weighted by Gasteiger charge is -2.15. The van der Waals surface area contributed by atoms with Crippen LogP contribution in [0.5, 0.6) is 5.75 Å². The molecule has 4 heteroatoms. The van der Waals surface area contributed by atoms with Crippen LogP contribution in [0.4, 0.5) is 4.39 Å². The number of rotatable bonds is 4. The topological polar surface area (TPSA) is 49.3 Å². The summed E-state index contributed by atoms with van der Waals surface area (Å²) in [7, 11) is 0. The van der Waals surface area contributed by atoms with Gasteiger partial charge in [-0.1, -0.05) is 24.3 Å². The van der Waals surface area contributed by atoms with Crippen molar-refractivity contribution in [3.63, 3.8) is 0 Å². The van der Waals surface area contributed by atoms with E-state index in [1.165, 1.54) is 6.07 Å². The minimum atomic E-state index is -0.276. The van der Waals surface area contributed by atoms with Gasteiger partial charge >= 0.3 is 0 Å². The quantitative estimate of drug-likeness (QED) is 0.906. The number of phenols is 1. The molecule has 0 aliphatic carbocycles. The first-order chi connectivity index (χ1) is 9.95. The number of carbonyl (C=O) groups excluding carboxylic acids is 1. The average Bonchev–Trinajstić information content (AvgIpc) is 2.41. The minimum absolute atomic E-state index is 0.133. The van der Waals surface area contributed by atoms with E-state index < -0.39 is 0 Å². The molecule has 0 fully saturated rings. The normalized spacial score (nSPS) is 12.0. The summed E-state index contributed by atoms with van der Waals surface area (Å²) < 4.78 is 13.5. The maximum atomic E-state index is 13.5. The van der Waals surface area contributed by atoms with Crippen molar-refractivity contribution in [2.75, 3.05) is 0 Å². The summed E-state index contributed by atoms with van der Waals surface area (Å²) in [4.78, 5) is 12.0.